The topological polar surface area (TPSA) is 20.2 Å². The van der Waals surface area contributed by atoms with Crippen LogP contribution in [0.3, 0.4) is 0 Å². The van der Waals surface area contributed by atoms with E-state index >= 15 is 0 Å². The average molecular weight is 251 g/mol. The summed E-state index contributed by atoms with van der Waals surface area (Å²) in [4.78, 5) is 0. The number of rotatable bonds is 3. The van der Waals surface area contributed by atoms with Crippen LogP contribution >= 0.6 is 34.5 Å². The maximum Gasteiger partial charge on any atom is 0.100 e. The van der Waals surface area contributed by atoms with Gasteiger partial charge >= 0.3 is 0 Å². The van der Waals surface area contributed by atoms with Gasteiger partial charge in [-0.25, -0.2) is 0 Å². The van der Waals surface area contributed by atoms with E-state index in [0.29, 0.717) is 14.6 Å². The summed E-state index contributed by atoms with van der Waals surface area (Å²) in [7, 11) is 0. The minimum atomic E-state index is -0.684. The highest BCUT2D eigenvalue weighted by atomic mass is 35.5. The summed E-state index contributed by atoms with van der Waals surface area (Å²) in [5, 5.41) is 10.2. The van der Waals surface area contributed by atoms with E-state index in [0.717, 1.165) is 24.8 Å². The van der Waals surface area contributed by atoms with Gasteiger partial charge in [0.1, 0.15) is 4.34 Å². The Morgan fingerprint density at radius 2 is 2.36 bits per heavy atom. The van der Waals surface area contributed by atoms with Crippen molar-refractivity contribution in [2.45, 2.75) is 31.8 Å². The van der Waals surface area contributed by atoms with E-state index in [2.05, 4.69) is 6.92 Å². The zero-order chi connectivity index (χ0) is 10.3. The standard InChI is InChI=1S/C10H12Cl2OS/c1-2-3-6-5-10(6,13)7-4-8(11)14-9(7)12/h4,6,13H,2-3,5H2,1H3. The van der Waals surface area contributed by atoms with Gasteiger partial charge < -0.3 is 5.11 Å². The second kappa shape index (κ2) is 3.67. The summed E-state index contributed by atoms with van der Waals surface area (Å²) in [6.07, 6.45) is 2.98. The maximum atomic E-state index is 10.2. The Kier molecular flexibility index (Phi) is 2.82. The first kappa shape index (κ1) is 10.7. The molecule has 0 bridgehead atoms. The zero-order valence-corrected chi connectivity index (χ0v) is 10.2. The number of halogens is 2. The molecule has 1 saturated carbocycles. The van der Waals surface area contributed by atoms with E-state index in [1.54, 1.807) is 6.07 Å². The van der Waals surface area contributed by atoms with E-state index in [4.69, 9.17) is 23.2 Å². The molecule has 0 amide bonds. The molecule has 78 valence electrons. The van der Waals surface area contributed by atoms with Crippen LogP contribution in [0.1, 0.15) is 31.7 Å². The number of hydrogen-bond acceptors (Lipinski definition) is 2. The highest BCUT2D eigenvalue weighted by molar-refractivity contribution is 7.20. The molecule has 1 aromatic heterocycles. The molecule has 4 heteroatoms. The monoisotopic (exact) mass is 250 g/mol. The van der Waals surface area contributed by atoms with Gasteiger partial charge in [0.15, 0.2) is 0 Å². The van der Waals surface area contributed by atoms with Crippen LogP contribution < -0.4 is 0 Å². The van der Waals surface area contributed by atoms with Crippen LogP contribution in [0.4, 0.5) is 0 Å². The van der Waals surface area contributed by atoms with Gasteiger partial charge in [0.2, 0.25) is 0 Å². The molecule has 1 fully saturated rings. The Morgan fingerprint density at radius 3 is 2.86 bits per heavy atom. The molecule has 1 nitrogen and oxygen atoms in total. The lowest BCUT2D eigenvalue weighted by atomic mass is 10.1. The smallest absolute Gasteiger partial charge is 0.100 e. The van der Waals surface area contributed by atoms with Crippen molar-refractivity contribution in [2.24, 2.45) is 5.92 Å². The summed E-state index contributed by atoms with van der Waals surface area (Å²) < 4.78 is 1.29. The first-order valence-electron chi connectivity index (χ1n) is 4.75. The first-order chi connectivity index (χ1) is 6.58. The lowest BCUT2D eigenvalue weighted by Gasteiger charge is -2.08. The largest absolute Gasteiger partial charge is 0.385 e. The molecule has 14 heavy (non-hydrogen) atoms. The summed E-state index contributed by atoms with van der Waals surface area (Å²) in [5.41, 5.74) is 0.143. The zero-order valence-electron chi connectivity index (χ0n) is 7.89. The molecule has 0 aliphatic heterocycles. The van der Waals surface area contributed by atoms with Gasteiger partial charge in [-0.2, -0.15) is 0 Å². The fraction of sp³-hybridized carbons (Fsp3) is 0.600. The lowest BCUT2D eigenvalue weighted by molar-refractivity contribution is 0.129. The van der Waals surface area contributed by atoms with Gasteiger partial charge in [-0.1, -0.05) is 36.5 Å². The van der Waals surface area contributed by atoms with Gasteiger partial charge in [-0.3, -0.25) is 0 Å². The minimum absolute atomic E-state index is 0.371. The third-order valence-electron chi connectivity index (χ3n) is 2.83. The molecule has 1 aliphatic rings. The Balaban J connectivity index is 2.20. The molecule has 0 aromatic carbocycles. The van der Waals surface area contributed by atoms with Gasteiger partial charge in [-0.15, -0.1) is 11.3 Å². The van der Waals surface area contributed by atoms with Crippen LogP contribution in [0.5, 0.6) is 0 Å². The molecule has 0 saturated heterocycles. The van der Waals surface area contributed by atoms with Crippen molar-refractivity contribution in [2.75, 3.05) is 0 Å². The van der Waals surface area contributed by atoms with Gasteiger partial charge in [0, 0.05) is 5.56 Å². The number of thiophene rings is 1. The quantitative estimate of drug-likeness (QED) is 0.858. The second-order valence-electron chi connectivity index (χ2n) is 3.85. The molecular formula is C10H12Cl2OS. The Bertz CT molecular complexity index is 350. The molecule has 1 heterocycles. The molecule has 1 N–H and O–H groups in total. The molecule has 2 rings (SSSR count). The lowest BCUT2D eigenvalue weighted by Crippen LogP contribution is -2.07. The van der Waals surface area contributed by atoms with Crippen LogP contribution in [0, 0.1) is 5.92 Å². The third-order valence-corrected chi connectivity index (χ3v) is 4.32. The predicted octanol–water partition coefficient (Wildman–Crippen LogP) is 4.06. The fourth-order valence-electron chi connectivity index (χ4n) is 1.97. The van der Waals surface area contributed by atoms with Crippen molar-refractivity contribution in [1.29, 1.82) is 0 Å². The molecule has 1 aliphatic carbocycles. The molecule has 2 unspecified atom stereocenters. The summed E-state index contributed by atoms with van der Waals surface area (Å²) in [6, 6.07) is 1.80. The van der Waals surface area contributed by atoms with Crippen molar-refractivity contribution in [3.63, 3.8) is 0 Å². The summed E-state index contributed by atoms with van der Waals surface area (Å²) in [6.45, 7) is 2.13. The van der Waals surface area contributed by atoms with E-state index in [9.17, 15) is 5.11 Å². The van der Waals surface area contributed by atoms with Gasteiger partial charge in [0.05, 0.1) is 9.94 Å². The highest BCUT2D eigenvalue weighted by Crippen LogP contribution is 2.57. The average Bonchev–Trinajstić information content (AvgIpc) is 2.60. The third kappa shape index (κ3) is 1.69. The molecule has 1 aromatic rings. The Morgan fingerprint density at radius 1 is 1.64 bits per heavy atom. The fourth-order valence-corrected chi connectivity index (χ4v) is 3.59. The maximum absolute atomic E-state index is 10.2. The first-order valence-corrected chi connectivity index (χ1v) is 6.33. The minimum Gasteiger partial charge on any atom is -0.385 e. The molecule has 2 atom stereocenters. The van der Waals surface area contributed by atoms with Crippen LogP contribution in [0.25, 0.3) is 0 Å². The molecular weight excluding hydrogens is 239 g/mol. The Labute approximate surface area is 97.7 Å². The van der Waals surface area contributed by atoms with Crippen LogP contribution in [-0.2, 0) is 5.60 Å². The van der Waals surface area contributed by atoms with Crippen molar-refractivity contribution in [1.82, 2.24) is 0 Å². The predicted molar refractivity (Wildman–Crippen MR) is 61.3 cm³/mol. The molecule has 0 spiro atoms. The van der Waals surface area contributed by atoms with Crippen molar-refractivity contribution < 1.29 is 5.11 Å². The number of hydrogen-bond donors (Lipinski definition) is 1. The summed E-state index contributed by atoms with van der Waals surface area (Å²) >= 11 is 13.2. The van der Waals surface area contributed by atoms with Crippen molar-refractivity contribution in [3.05, 3.63) is 20.3 Å². The van der Waals surface area contributed by atoms with Crippen LogP contribution in [-0.4, -0.2) is 5.11 Å². The van der Waals surface area contributed by atoms with E-state index in [1.807, 2.05) is 0 Å². The van der Waals surface area contributed by atoms with Crippen molar-refractivity contribution in [3.8, 4) is 0 Å². The Hall–Kier alpha value is 0.240. The van der Waals surface area contributed by atoms with Crippen LogP contribution in [0.2, 0.25) is 8.67 Å². The molecule has 0 radical (unpaired) electrons. The second-order valence-corrected chi connectivity index (χ2v) is 6.14. The SMILES string of the molecule is CCCC1CC1(O)c1cc(Cl)sc1Cl. The van der Waals surface area contributed by atoms with Gasteiger partial charge in [-0.05, 0) is 24.8 Å². The number of aliphatic hydroxyl groups is 1. The van der Waals surface area contributed by atoms with Crippen molar-refractivity contribution >= 4 is 34.5 Å². The van der Waals surface area contributed by atoms with Crippen LogP contribution in [0.15, 0.2) is 6.07 Å². The highest BCUT2D eigenvalue weighted by Gasteiger charge is 2.54. The van der Waals surface area contributed by atoms with Gasteiger partial charge in [0.25, 0.3) is 0 Å². The van der Waals surface area contributed by atoms with E-state index in [-0.39, 0.29) is 0 Å². The normalized spacial score (nSPS) is 30.7. The summed E-state index contributed by atoms with van der Waals surface area (Å²) in [5.74, 6) is 0.371. The van der Waals surface area contributed by atoms with E-state index in [1.165, 1.54) is 11.3 Å². The van der Waals surface area contributed by atoms with E-state index < -0.39 is 5.60 Å².